The van der Waals surface area contributed by atoms with Crippen molar-refractivity contribution in [2.75, 3.05) is 51.9 Å². The average molecular weight is 1040 g/mol. The molecule has 0 radical (unpaired) electrons. The predicted molar refractivity (Wildman–Crippen MR) is 264 cm³/mol. The van der Waals surface area contributed by atoms with Crippen LogP contribution in [-0.2, 0) is 71.5 Å². The number of benzene rings is 1. The predicted octanol–water partition coefficient (Wildman–Crippen LogP) is 0.768. The van der Waals surface area contributed by atoms with E-state index >= 15 is 0 Å². The van der Waals surface area contributed by atoms with E-state index in [0.717, 1.165) is 32.6 Å². The third-order valence-corrected chi connectivity index (χ3v) is 13.0. The van der Waals surface area contributed by atoms with E-state index < -0.39 is 98.7 Å². The van der Waals surface area contributed by atoms with Crippen molar-refractivity contribution in [1.82, 2.24) is 30.4 Å². The summed E-state index contributed by atoms with van der Waals surface area (Å²) < 4.78 is 29.0. The van der Waals surface area contributed by atoms with Gasteiger partial charge in [-0.05, 0) is 56.9 Å². The van der Waals surface area contributed by atoms with Gasteiger partial charge in [0.2, 0.25) is 29.5 Å². The number of ketones is 2. The van der Waals surface area contributed by atoms with Crippen molar-refractivity contribution in [2.45, 2.75) is 128 Å². The summed E-state index contributed by atoms with van der Waals surface area (Å²) in [5, 5.41) is 18.3. The fourth-order valence-electron chi connectivity index (χ4n) is 8.15. The number of nitrogens with one attached hydrogen (secondary N) is 3. The molecule has 1 aromatic heterocycles. The number of thiol groups is 1. The highest BCUT2D eigenvalue weighted by Gasteiger charge is 2.38. The molecule has 398 valence electrons. The van der Waals surface area contributed by atoms with Crippen LogP contribution in [0.2, 0.25) is 0 Å². The number of rotatable bonds is 36. The lowest BCUT2D eigenvalue weighted by molar-refractivity contribution is -0.140. The molecule has 0 aliphatic carbocycles. The smallest absolute Gasteiger partial charge is 0.394 e. The van der Waals surface area contributed by atoms with Crippen molar-refractivity contribution >= 4 is 61.6 Å². The average Bonchev–Trinajstić information content (AvgIpc) is 4.00. The Balaban J connectivity index is 1.72. The number of likely N-dealkylation sites (tertiary alicyclic amines) is 1. The third-order valence-electron chi connectivity index (χ3n) is 12.0. The molecule has 1 aliphatic rings. The molecule has 10 N–H and O–H groups in total. The highest BCUT2D eigenvalue weighted by Crippen LogP contribution is 2.39. The molecular weight excluding hydrogens is 964 g/mol. The molecule has 0 bridgehead atoms. The molecule has 22 nitrogen and oxygen atoms in total. The number of hydrogen-bond donors (Lipinski definition) is 9. The number of nitrogens with two attached hydrogens (primary N) is 2. The maximum absolute atomic E-state index is 14.4. The Morgan fingerprint density at radius 2 is 1.61 bits per heavy atom. The van der Waals surface area contributed by atoms with E-state index in [0.29, 0.717) is 31.6 Å². The normalized spacial score (nSPS) is 16.4. The van der Waals surface area contributed by atoms with Crippen LogP contribution in [0.4, 0.5) is 0 Å². The molecule has 1 aromatic carbocycles. The summed E-state index contributed by atoms with van der Waals surface area (Å²) in [4.78, 5) is 118. The van der Waals surface area contributed by atoms with Crippen LogP contribution in [0.25, 0.3) is 0 Å². The van der Waals surface area contributed by atoms with Gasteiger partial charge in [0.15, 0.2) is 11.6 Å². The summed E-state index contributed by atoms with van der Waals surface area (Å²) in [7, 11) is -5.09. The van der Waals surface area contributed by atoms with Gasteiger partial charge in [0.05, 0.1) is 75.8 Å². The van der Waals surface area contributed by atoms with Crippen LogP contribution in [-0.4, -0.2) is 153 Å². The molecule has 0 unspecified atom stereocenters. The number of ether oxygens (including phenoxy) is 2. The Kier molecular flexibility index (Phi) is 27.2. The number of imidazole rings is 1. The minimum Gasteiger partial charge on any atom is -0.394 e. The lowest BCUT2D eigenvalue weighted by atomic mass is 9.89. The second kappa shape index (κ2) is 31.8. The fourth-order valence-corrected chi connectivity index (χ4v) is 8.89. The lowest BCUT2D eigenvalue weighted by Gasteiger charge is -2.28. The molecule has 1 fully saturated rings. The van der Waals surface area contributed by atoms with Crippen molar-refractivity contribution in [3.05, 3.63) is 54.1 Å². The van der Waals surface area contributed by atoms with Crippen molar-refractivity contribution in [2.24, 2.45) is 29.2 Å². The van der Waals surface area contributed by atoms with Crippen LogP contribution in [0.1, 0.15) is 89.8 Å². The van der Waals surface area contributed by atoms with E-state index in [-0.39, 0.29) is 75.7 Å². The Morgan fingerprint density at radius 3 is 2.25 bits per heavy atom. The molecule has 71 heavy (non-hydrogen) atoms. The van der Waals surface area contributed by atoms with Crippen LogP contribution in [0.5, 0.6) is 0 Å². The van der Waals surface area contributed by atoms with E-state index in [4.69, 9.17) is 20.9 Å². The van der Waals surface area contributed by atoms with Gasteiger partial charge >= 0.3 is 7.82 Å². The highest BCUT2D eigenvalue weighted by atomic mass is 32.1. The van der Waals surface area contributed by atoms with Gasteiger partial charge < -0.3 is 61.3 Å². The van der Waals surface area contributed by atoms with Crippen molar-refractivity contribution in [3.8, 4) is 0 Å². The van der Waals surface area contributed by atoms with Gasteiger partial charge in [-0.2, -0.15) is 12.6 Å². The number of hydrogen-bond acceptors (Lipinski definition) is 15. The van der Waals surface area contributed by atoms with Gasteiger partial charge in [-0.25, -0.2) is 9.55 Å². The zero-order chi connectivity index (χ0) is 52.5. The monoisotopic (exact) mass is 1040 g/mol. The standard InChI is InChI=1S/C47H75N8O14PS/c1-31(2)23-38(52-47(63)40-14-10-18-55(40)43(59)15-19-67-21-22-68-20-16-51-46(62)37(48)29-71)41(57)25-34(24-35-27-50-30-54(35)17-9-5-8-13-33-11-6-4-7-12-33)45(61)53-39(28-56)42(58)26-36(44(49)60)32(3)69-70(64,65)66/h4,6-7,11-12,27,30-32,34,36-40,56,71H,5,8-10,13-26,28-29,48H2,1-3H3,(H2,49,60)(H,51,62)(H,52,63)(H,53,61)(H2,64,65,66)/t32-,34-,36+,37+,38+,39+,40+/m1/s1. The zero-order valence-corrected chi connectivity index (χ0v) is 42.8. The molecule has 2 heterocycles. The number of phosphoric ester groups is 1. The molecule has 7 atom stereocenters. The summed E-state index contributed by atoms with van der Waals surface area (Å²) in [5.74, 6) is -7.01. The number of carbonyl (C=O) groups is 7. The molecule has 0 spiro atoms. The third kappa shape index (κ3) is 22.4. The van der Waals surface area contributed by atoms with Crippen molar-refractivity contribution < 1.29 is 67.0 Å². The fraction of sp³-hybridized carbons (Fsp3) is 0.660. The van der Waals surface area contributed by atoms with Gasteiger partial charge in [-0.3, -0.25) is 38.1 Å². The summed E-state index contributed by atoms with van der Waals surface area (Å²) >= 11 is 3.99. The topological polar surface area (TPSA) is 334 Å². The molecule has 5 amide bonds. The van der Waals surface area contributed by atoms with Gasteiger partial charge in [-0.15, -0.1) is 0 Å². The second-order valence-electron chi connectivity index (χ2n) is 18.2. The number of amides is 5. The first-order chi connectivity index (χ1) is 33.7. The van der Waals surface area contributed by atoms with Crippen LogP contribution in [0, 0.1) is 17.8 Å². The molecule has 0 saturated carbocycles. The number of aryl methyl sites for hydroxylation is 2. The van der Waals surface area contributed by atoms with E-state index in [1.165, 1.54) is 10.5 Å². The minimum atomic E-state index is -5.09. The van der Waals surface area contributed by atoms with Gasteiger partial charge in [0.25, 0.3) is 0 Å². The number of primary amides is 1. The molecule has 3 rings (SSSR count). The van der Waals surface area contributed by atoms with E-state index in [1.807, 2.05) is 36.6 Å². The summed E-state index contributed by atoms with van der Waals surface area (Å²) in [6, 6.07) is 5.88. The number of aliphatic hydroxyl groups excluding tert-OH is 1. The first-order valence-corrected chi connectivity index (χ1v) is 26.3. The number of carbonyl (C=O) groups excluding carboxylic acids is 7. The molecule has 1 aliphatic heterocycles. The first kappa shape index (κ1) is 60.7. The SMILES string of the molecule is CC(C)C[C@H](NC(=O)[C@@H]1CCCN1C(=O)CCOCCOCCNC(=O)[C@@H](N)CS)C(=O)C[C@@H](Cc1cncn1CCCCCc1ccccc1)C(=O)N[C@@H](CO)C(=O)C[C@H](C(N)=O)[C@@H](C)OP(=O)(O)O. The molecule has 24 heteroatoms. The Hall–Kier alpha value is -4.58. The van der Waals surface area contributed by atoms with E-state index in [2.05, 4.69) is 50.2 Å². The first-order valence-electron chi connectivity index (χ1n) is 24.2. The van der Waals surface area contributed by atoms with Crippen LogP contribution in [0.15, 0.2) is 42.9 Å². The molecule has 2 aromatic rings. The van der Waals surface area contributed by atoms with Gasteiger partial charge in [-0.1, -0.05) is 50.6 Å². The van der Waals surface area contributed by atoms with Gasteiger partial charge in [0, 0.05) is 56.5 Å². The minimum absolute atomic E-state index is 0.00239. The van der Waals surface area contributed by atoms with Crippen molar-refractivity contribution in [3.63, 3.8) is 0 Å². The van der Waals surface area contributed by atoms with Crippen LogP contribution in [0.3, 0.4) is 0 Å². The maximum atomic E-state index is 14.4. The van der Waals surface area contributed by atoms with Crippen molar-refractivity contribution in [1.29, 1.82) is 0 Å². The lowest BCUT2D eigenvalue weighted by Crippen LogP contribution is -2.52. The Morgan fingerprint density at radius 1 is 0.915 bits per heavy atom. The number of unbranched alkanes of at least 4 members (excludes halogenated alkanes) is 2. The number of aliphatic hydroxyl groups is 1. The number of Topliss-reactive ketones (excluding diaryl/α,β-unsaturated/α-hetero) is 2. The second-order valence-corrected chi connectivity index (χ2v) is 19.7. The van der Waals surface area contributed by atoms with Crippen LogP contribution >= 0.6 is 20.5 Å². The number of aromatic nitrogens is 2. The molecule has 1 saturated heterocycles. The summed E-state index contributed by atoms with van der Waals surface area (Å²) in [5.41, 5.74) is 12.9. The Bertz CT molecular complexity index is 2060. The number of phosphoric acid groups is 1. The van der Waals surface area contributed by atoms with E-state index in [9.17, 15) is 53.0 Å². The maximum Gasteiger partial charge on any atom is 0.469 e. The van der Waals surface area contributed by atoms with E-state index in [1.54, 1.807) is 12.5 Å². The quantitative estimate of drug-likeness (QED) is 0.0259. The zero-order valence-electron chi connectivity index (χ0n) is 41.0. The van der Waals surface area contributed by atoms with Crippen LogP contribution < -0.4 is 27.4 Å². The largest absolute Gasteiger partial charge is 0.469 e. The summed E-state index contributed by atoms with van der Waals surface area (Å²) in [6.45, 7) is 5.84. The highest BCUT2D eigenvalue weighted by molar-refractivity contribution is 7.80. The summed E-state index contributed by atoms with van der Waals surface area (Å²) in [6.07, 6.45) is 5.18. The Labute approximate surface area is 421 Å². The number of nitrogens with zero attached hydrogens (tertiary/aromatic N) is 3. The molecular formula is C47H75N8O14PS. The van der Waals surface area contributed by atoms with Gasteiger partial charge in [0.1, 0.15) is 12.1 Å².